The van der Waals surface area contributed by atoms with Crippen LogP contribution in [0.2, 0.25) is 0 Å². The third-order valence-corrected chi connectivity index (χ3v) is 4.18. The summed E-state index contributed by atoms with van der Waals surface area (Å²) in [5.41, 5.74) is 13.6. The Bertz CT molecular complexity index is 587. The highest BCUT2D eigenvalue weighted by Crippen LogP contribution is 2.31. The number of aliphatic imine (C=N–C) groups is 2. The van der Waals surface area contributed by atoms with Crippen LogP contribution in [0.25, 0.3) is 0 Å². The molecule has 0 atom stereocenters. The summed E-state index contributed by atoms with van der Waals surface area (Å²) < 4.78 is 0. The predicted molar refractivity (Wildman–Crippen MR) is 96.8 cm³/mol. The average molecular weight is 324 g/mol. The lowest BCUT2D eigenvalue weighted by Crippen LogP contribution is -2.54. The summed E-state index contributed by atoms with van der Waals surface area (Å²) in [7, 11) is 0. The van der Waals surface area contributed by atoms with Gasteiger partial charge in [-0.15, -0.1) is 12.4 Å². The first-order chi connectivity index (χ1) is 9.67. The molecule has 122 valence electrons. The number of benzene rings is 1. The zero-order chi connectivity index (χ0) is 15.8. The van der Waals surface area contributed by atoms with E-state index in [0.29, 0.717) is 5.96 Å². The summed E-state index contributed by atoms with van der Waals surface area (Å²) >= 11 is 0. The van der Waals surface area contributed by atoms with Crippen molar-refractivity contribution >= 4 is 30.0 Å². The number of guanidine groups is 2. The van der Waals surface area contributed by atoms with Crippen molar-refractivity contribution in [2.75, 3.05) is 4.90 Å². The Kier molecular flexibility index (Phi) is 5.13. The van der Waals surface area contributed by atoms with Crippen LogP contribution in [0.3, 0.4) is 0 Å². The summed E-state index contributed by atoms with van der Waals surface area (Å²) in [4.78, 5) is 10.3. The van der Waals surface area contributed by atoms with Gasteiger partial charge in [-0.2, -0.15) is 4.99 Å². The molecule has 0 spiro atoms. The van der Waals surface area contributed by atoms with Crippen LogP contribution in [0.5, 0.6) is 0 Å². The van der Waals surface area contributed by atoms with E-state index < -0.39 is 5.66 Å². The maximum atomic E-state index is 6.04. The van der Waals surface area contributed by atoms with Crippen molar-refractivity contribution < 1.29 is 0 Å². The minimum Gasteiger partial charge on any atom is -0.369 e. The van der Waals surface area contributed by atoms with Crippen molar-refractivity contribution in [2.45, 2.75) is 52.1 Å². The Morgan fingerprint density at radius 3 is 2.14 bits per heavy atom. The number of rotatable bonds is 3. The zero-order valence-corrected chi connectivity index (χ0v) is 14.7. The van der Waals surface area contributed by atoms with Crippen molar-refractivity contribution in [1.82, 2.24) is 0 Å². The number of anilines is 1. The van der Waals surface area contributed by atoms with Crippen molar-refractivity contribution in [1.29, 1.82) is 0 Å². The molecular formula is C16H26ClN5. The van der Waals surface area contributed by atoms with Gasteiger partial charge >= 0.3 is 0 Å². The lowest BCUT2D eigenvalue weighted by atomic mass is 9.82. The molecule has 0 fully saturated rings. The van der Waals surface area contributed by atoms with Gasteiger partial charge in [-0.3, -0.25) is 4.90 Å². The molecule has 0 aromatic heterocycles. The monoisotopic (exact) mass is 323 g/mol. The molecule has 0 radical (unpaired) electrons. The van der Waals surface area contributed by atoms with E-state index in [1.165, 1.54) is 5.56 Å². The van der Waals surface area contributed by atoms with E-state index in [1.807, 2.05) is 18.7 Å². The highest BCUT2D eigenvalue weighted by atomic mass is 35.5. The minimum atomic E-state index is -0.544. The van der Waals surface area contributed by atoms with Gasteiger partial charge in [0, 0.05) is 5.69 Å². The lowest BCUT2D eigenvalue weighted by Gasteiger charge is -2.38. The second kappa shape index (κ2) is 6.16. The van der Waals surface area contributed by atoms with Gasteiger partial charge in [0.1, 0.15) is 5.66 Å². The predicted octanol–water partition coefficient (Wildman–Crippen LogP) is 2.98. The molecule has 0 amide bonds. The minimum absolute atomic E-state index is 0. The molecule has 5 nitrogen and oxygen atoms in total. The number of halogens is 1. The third kappa shape index (κ3) is 3.35. The maximum absolute atomic E-state index is 6.04. The van der Waals surface area contributed by atoms with Crippen LogP contribution in [0.1, 0.15) is 46.6 Å². The standard InChI is InChI=1S/C16H25N5.ClH/c1-6-15(2,3)11-7-9-12(10-8-11)21-14(18)19-13(17)20-16(21,4)5;/h7-10H,6H2,1-5H3,(H4,17,18,19,20);1H. The second-order valence-corrected chi connectivity index (χ2v) is 6.55. The van der Waals surface area contributed by atoms with Gasteiger partial charge in [-0.25, -0.2) is 4.99 Å². The Morgan fingerprint density at radius 1 is 1.14 bits per heavy atom. The fraction of sp³-hybridized carbons (Fsp3) is 0.500. The van der Waals surface area contributed by atoms with E-state index in [1.54, 1.807) is 0 Å². The SMILES string of the molecule is CCC(C)(C)c1ccc(N2C(N)=NC(N)=NC2(C)C)cc1.Cl. The van der Waals surface area contributed by atoms with Crippen LogP contribution in [0.4, 0.5) is 5.69 Å². The summed E-state index contributed by atoms with van der Waals surface area (Å²) in [6.07, 6.45) is 1.09. The summed E-state index contributed by atoms with van der Waals surface area (Å²) in [6.45, 7) is 10.6. The van der Waals surface area contributed by atoms with Gasteiger partial charge in [0.05, 0.1) is 0 Å². The van der Waals surface area contributed by atoms with Gasteiger partial charge < -0.3 is 11.5 Å². The van der Waals surface area contributed by atoms with Crippen LogP contribution in [0.15, 0.2) is 34.3 Å². The Labute approximate surface area is 138 Å². The Morgan fingerprint density at radius 2 is 1.68 bits per heavy atom. The maximum Gasteiger partial charge on any atom is 0.220 e. The number of nitrogens with two attached hydrogens (primary N) is 2. The largest absolute Gasteiger partial charge is 0.369 e. The molecule has 4 N–H and O–H groups in total. The molecule has 0 unspecified atom stereocenters. The quantitative estimate of drug-likeness (QED) is 0.897. The molecule has 6 heteroatoms. The van der Waals surface area contributed by atoms with Gasteiger partial charge in [0.2, 0.25) is 11.9 Å². The number of nitrogens with zero attached hydrogens (tertiary/aromatic N) is 3. The van der Waals surface area contributed by atoms with Crippen molar-refractivity contribution in [3.05, 3.63) is 29.8 Å². The molecule has 1 aromatic rings. The molecular weight excluding hydrogens is 298 g/mol. The third-order valence-electron chi connectivity index (χ3n) is 4.18. The van der Waals surface area contributed by atoms with Crippen molar-refractivity contribution in [3.63, 3.8) is 0 Å². The average Bonchev–Trinajstić information content (AvgIpc) is 2.37. The topological polar surface area (TPSA) is 80.0 Å². The van der Waals surface area contributed by atoms with Crippen molar-refractivity contribution in [2.24, 2.45) is 21.5 Å². The molecule has 1 heterocycles. The molecule has 0 bridgehead atoms. The van der Waals surface area contributed by atoms with Crippen LogP contribution in [0, 0.1) is 0 Å². The van der Waals surface area contributed by atoms with Gasteiger partial charge in [0.25, 0.3) is 0 Å². The molecule has 1 aromatic carbocycles. The fourth-order valence-corrected chi connectivity index (χ4v) is 2.52. The molecule has 0 aliphatic carbocycles. The number of hydrogen-bond acceptors (Lipinski definition) is 5. The van der Waals surface area contributed by atoms with E-state index in [0.717, 1.165) is 12.1 Å². The van der Waals surface area contributed by atoms with Gasteiger partial charge in [-0.05, 0) is 43.4 Å². The van der Waals surface area contributed by atoms with Crippen molar-refractivity contribution in [3.8, 4) is 0 Å². The Hall–Kier alpha value is -1.75. The van der Waals surface area contributed by atoms with Crippen LogP contribution in [-0.2, 0) is 5.41 Å². The Balaban J connectivity index is 0.00000242. The van der Waals surface area contributed by atoms with Gasteiger partial charge in [0.15, 0.2) is 0 Å². The van der Waals surface area contributed by atoms with E-state index in [4.69, 9.17) is 11.5 Å². The molecule has 1 aliphatic rings. The van der Waals surface area contributed by atoms with Gasteiger partial charge in [-0.1, -0.05) is 32.9 Å². The second-order valence-electron chi connectivity index (χ2n) is 6.55. The van der Waals surface area contributed by atoms with Crippen LogP contribution >= 0.6 is 12.4 Å². The molecule has 0 saturated carbocycles. The fourth-order valence-electron chi connectivity index (χ4n) is 2.52. The van der Waals surface area contributed by atoms with E-state index >= 15 is 0 Å². The highest BCUT2D eigenvalue weighted by molar-refractivity contribution is 6.05. The zero-order valence-electron chi connectivity index (χ0n) is 13.9. The van der Waals surface area contributed by atoms with Crippen LogP contribution < -0.4 is 16.4 Å². The lowest BCUT2D eigenvalue weighted by molar-refractivity contribution is 0.505. The van der Waals surface area contributed by atoms with E-state index in [-0.39, 0.29) is 23.8 Å². The molecule has 2 rings (SSSR count). The normalized spacial score (nSPS) is 17.4. The molecule has 0 saturated heterocycles. The molecule has 22 heavy (non-hydrogen) atoms. The van der Waals surface area contributed by atoms with Crippen LogP contribution in [-0.4, -0.2) is 17.6 Å². The summed E-state index contributed by atoms with van der Waals surface area (Å²) in [5.74, 6) is 0.590. The molecule has 1 aliphatic heterocycles. The van der Waals surface area contributed by atoms with E-state index in [9.17, 15) is 0 Å². The summed E-state index contributed by atoms with van der Waals surface area (Å²) in [5, 5.41) is 0. The first-order valence-electron chi connectivity index (χ1n) is 7.27. The first kappa shape index (κ1) is 18.3. The summed E-state index contributed by atoms with van der Waals surface area (Å²) in [6, 6.07) is 8.41. The smallest absolute Gasteiger partial charge is 0.220 e. The highest BCUT2D eigenvalue weighted by Gasteiger charge is 2.33. The number of hydrogen-bond donors (Lipinski definition) is 2. The van der Waals surface area contributed by atoms with E-state index in [2.05, 4.69) is 55.0 Å². The first-order valence-corrected chi connectivity index (χ1v) is 7.27.